The summed E-state index contributed by atoms with van der Waals surface area (Å²) in [5.74, 6) is 0.219. The predicted octanol–water partition coefficient (Wildman–Crippen LogP) is 1.53. The molecule has 0 saturated carbocycles. The molecule has 0 bridgehead atoms. The third kappa shape index (κ3) is 4.28. The summed E-state index contributed by atoms with van der Waals surface area (Å²) in [6.45, 7) is 5.52. The van der Waals surface area contributed by atoms with E-state index in [-0.39, 0.29) is 11.5 Å². The summed E-state index contributed by atoms with van der Waals surface area (Å²) in [5, 5.41) is 0. The van der Waals surface area contributed by atoms with Gasteiger partial charge in [0, 0.05) is 19.7 Å². The molecule has 1 aliphatic heterocycles. The van der Waals surface area contributed by atoms with Crippen LogP contribution in [-0.4, -0.2) is 42.6 Å². The zero-order chi connectivity index (χ0) is 12.9. The minimum atomic E-state index is -0.363. The molecule has 4 nitrogen and oxygen atoms in total. The Bertz CT molecular complexity index is 254. The number of nitrogens with zero attached hydrogens (tertiary/aromatic N) is 1. The summed E-state index contributed by atoms with van der Waals surface area (Å²) in [6, 6.07) is 0.402. The second kappa shape index (κ2) is 6.36. The van der Waals surface area contributed by atoms with Gasteiger partial charge in [-0.05, 0) is 46.1 Å². The Morgan fingerprint density at radius 2 is 2.24 bits per heavy atom. The highest BCUT2D eigenvalue weighted by Crippen LogP contribution is 2.24. The van der Waals surface area contributed by atoms with Crippen LogP contribution in [0.15, 0.2) is 0 Å². The summed E-state index contributed by atoms with van der Waals surface area (Å²) in [6.07, 6.45) is 4.74. The lowest BCUT2D eigenvalue weighted by atomic mass is 10.0. The molecule has 1 rings (SSSR count). The topological polar surface area (TPSA) is 55.6 Å². The van der Waals surface area contributed by atoms with Crippen molar-refractivity contribution in [3.8, 4) is 0 Å². The molecule has 2 N–H and O–H groups in total. The maximum Gasteiger partial charge on any atom is 0.225 e. The van der Waals surface area contributed by atoms with E-state index < -0.39 is 0 Å². The van der Waals surface area contributed by atoms with Crippen LogP contribution in [0.25, 0.3) is 0 Å². The molecule has 0 radical (unpaired) electrons. The van der Waals surface area contributed by atoms with Gasteiger partial charge in [0.2, 0.25) is 5.91 Å². The van der Waals surface area contributed by atoms with Gasteiger partial charge in [0.25, 0.3) is 0 Å². The van der Waals surface area contributed by atoms with Crippen LogP contribution >= 0.6 is 0 Å². The van der Waals surface area contributed by atoms with Gasteiger partial charge < -0.3 is 15.4 Å². The van der Waals surface area contributed by atoms with Crippen LogP contribution in [0.5, 0.6) is 0 Å². The van der Waals surface area contributed by atoms with Crippen molar-refractivity contribution in [3.63, 3.8) is 0 Å². The Hall–Kier alpha value is -0.610. The van der Waals surface area contributed by atoms with Crippen LogP contribution in [0.2, 0.25) is 0 Å². The van der Waals surface area contributed by atoms with Crippen molar-refractivity contribution in [2.24, 2.45) is 5.73 Å². The van der Waals surface area contributed by atoms with Gasteiger partial charge >= 0.3 is 0 Å². The third-order valence-electron chi connectivity index (χ3n) is 3.57. The van der Waals surface area contributed by atoms with E-state index in [1.54, 1.807) is 7.11 Å². The molecule has 1 saturated heterocycles. The maximum atomic E-state index is 12.2. The molecule has 1 amide bonds. The zero-order valence-corrected chi connectivity index (χ0v) is 11.4. The van der Waals surface area contributed by atoms with E-state index >= 15 is 0 Å². The molecule has 4 heteroatoms. The second-order valence-electron chi connectivity index (χ2n) is 5.45. The predicted molar refractivity (Wildman–Crippen MR) is 68.7 cm³/mol. The number of hydrogen-bond donors (Lipinski definition) is 1. The number of carbonyl (C=O) groups is 1. The van der Waals surface area contributed by atoms with Crippen molar-refractivity contribution in [1.29, 1.82) is 0 Å². The molecule has 100 valence electrons. The third-order valence-corrected chi connectivity index (χ3v) is 3.57. The first kappa shape index (κ1) is 14.5. The first-order valence-corrected chi connectivity index (χ1v) is 6.55. The quantitative estimate of drug-likeness (QED) is 0.768. The summed E-state index contributed by atoms with van der Waals surface area (Å²) in [5.41, 5.74) is 5.17. The van der Waals surface area contributed by atoms with Crippen LogP contribution < -0.4 is 5.73 Å². The number of amides is 1. The number of carbonyl (C=O) groups excluding carboxylic acids is 1. The van der Waals surface area contributed by atoms with Gasteiger partial charge in [-0.25, -0.2) is 0 Å². The van der Waals surface area contributed by atoms with E-state index in [0.717, 1.165) is 32.2 Å². The van der Waals surface area contributed by atoms with Gasteiger partial charge in [-0.1, -0.05) is 0 Å². The van der Waals surface area contributed by atoms with Crippen LogP contribution in [0.4, 0.5) is 0 Å². The SMILES string of the molecule is COC(C)(C)CC(=O)N1CCCC1CCCN. The molecule has 1 heterocycles. The van der Waals surface area contributed by atoms with Crippen molar-refractivity contribution in [3.05, 3.63) is 0 Å². The van der Waals surface area contributed by atoms with Crippen molar-refractivity contribution < 1.29 is 9.53 Å². The average molecular weight is 242 g/mol. The highest BCUT2D eigenvalue weighted by atomic mass is 16.5. The highest BCUT2D eigenvalue weighted by Gasteiger charge is 2.31. The largest absolute Gasteiger partial charge is 0.378 e. The van der Waals surface area contributed by atoms with E-state index in [1.807, 2.05) is 18.7 Å². The minimum absolute atomic E-state index is 0.219. The number of rotatable bonds is 6. The summed E-state index contributed by atoms with van der Waals surface area (Å²) >= 11 is 0. The Kier molecular flexibility index (Phi) is 5.40. The fourth-order valence-corrected chi connectivity index (χ4v) is 2.36. The Morgan fingerprint density at radius 1 is 1.53 bits per heavy atom. The van der Waals surface area contributed by atoms with Crippen LogP contribution in [0, 0.1) is 0 Å². The first-order valence-electron chi connectivity index (χ1n) is 6.55. The molecule has 1 aliphatic rings. The highest BCUT2D eigenvalue weighted by molar-refractivity contribution is 5.77. The van der Waals surface area contributed by atoms with Crippen molar-refractivity contribution in [2.45, 2.75) is 57.6 Å². The van der Waals surface area contributed by atoms with Gasteiger partial charge in [0.1, 0.15) is 0 Å². The molecule has 0 aliphatic carbocycles. The maximum absolute atomic E-state index is 12.2. The van der Waals surface area contributed by atoms with Crippen molar-refractivity contribution in [1.82, 2.24) is 4.90 Å². The van der Waals surface area contributed by atoms with Gasteiger partial charge in [-0.3, -0.25) is 4.79 Å². The smallest absolute Gasteiger partial charge is 0.225 e. The standard InChI is InChI=1S/C13H26N2O2/c1-13(2,17-3)10-12(16)15-9-5-7-11(15)6-4-8-14/h11H,4-10,14H2,1-3H3. The molecule has 1 unspecified atom stereocenters. The lowest BCUT2D eigenvalue weighted by molar-refractivity contribution is -0.137. The van der Waals surface area contributed by atoms with Gasteiger partial charge in [-0.15, -0.1) is 0 Å². The molecular formula is C13H26N2O2. The minimum Gasteiger partial charge on any atom is -0.378 e. The van der Waals surface area contributed by atoms with Crippen molar-refractivity contribution in [2.75, 3.05) is 20.2 Å². The van der Waals surface area contributed by atoms with Gasteiger partial charge in [-0.2, -0.15) is 0 Å². The second-order valence-corrected chi connectivity index (χ2v) is 5.45. The number of methoxy groups -OCH3 is 1. The molecular weight excluding hydrogens is 216 g/mol. The van der Waals surface area contributed by atoms with Crippen LogP contribution in [0.1, 0.15) is 46.0 Å². The van der Waals surface area contributed by atoms with Crippen LogP contribution in [-0.2, 0) is 9.53 Å². The number of likely N-dealkylation sites (tertiary alicyclic amines) is 1. The van der Waals surface area contributed by atoms with Crippen molar-refractivity contribution >= 4 is 5.91 Å². The summed E-state index contributed by atoms with van der Waals surface area (Å²) in [7, 11) is 1.66. The van der Waals surface area contributed by atoms with Gasteiger partial charge in [0.05, 0.1) is 12.0 Å². The van der Waals surface area contributed by atoms with Gasteiger partial charge in [0.15, 0.2) is 0 Å². The summed E-state index contributed by atoms with van der Waals surface area (Å²) < 4.78 is 5.32. The monoisotopic (exact) mass is 242 g/mol. The fraction of sp³-hybridized carbons (Fsp3) is 0.923. The first-order chi connectivity index (χ1) is 8.00. The Labute approximate surface area is 104 Å². The number of ether oxygens (including phenoxy) is 1. The molecule has 1 atom stereocenters. The van der Waals surface area contributed by atoms with E-state index in [9.17, 15) is 4.79 Å². The number of nitrogens with two attached hydrogens (primary N) is 1. The van der Waals surface area contributed by atoms with E-state index in [1.165, 1.54) is 0 Å². The molecule has 0 aromatic heterocycles. The molecule has 17 heavy (non-hydrogen) atoms. The fourth-order valence-electron chi connectivity index (χ4n) is 2.36. The summed E-state index contributed by atoms with van der Waals surface area (Å²) in [4.78, 5) is 14.2. The van der Waals surface area contributed by atoms with E-state index in [2.05, 4.69) is 0 Å². The van der Waals surface area contributed by atoms with E-state index in [0.29, 0.717) is 19.0 Å². The molecule has 0 aromatic rings. The Morgan fingerprint density at radius 3 is 2.82 bits per heavy atom. The normalized spacial score (nSPS) is 20.9. The average Bonchev–Trinajstić information content (AvgIpc) is 2.74. The molecule has 0 spiro atoms. The van der Waals surface area contributed by atoms with E-state index in [4.69, 9.17) is 10.5 Å². The molecule has 0 aromatic carbocycles. The van der Waals surface area contributed by atoms with Crippen LogP contribution in [0.3, 0.4) is 0 Å². The Balaban J connectivity index is 2.50. The number of hydrogen-bond acceptors (Lipinski definition) is 3. The molecule has 1 fully saturated rings. The zero-order valence-electron chi connectivity index (χ0n) is 11.4. The lowest BCUT2D eigenvalue weighted by Gasteiger charge is -2.29. The lowest BCUT2D eigenvalue weighted by Crippen LogP contribution is -2.40.